The van der Waals surface area contributed by atoms with Gasteiger partial charge in [-0.15, -0.1) is 0 Å². The van der Waals surface area contributed by atoms with E-state index in [1.165, 1.54) is 43.6 Å². The first-order chi connectivity index (χ1) is 26.3. The standard InChI is InChI=1S/C48H29BN2O2/c1-7-19-40(51-43-22-10-4-16-35(43)36-17-5-11-23-44(36)51)32(13-1)30-27-38-37-29-31(50-41-20-8-2-14-33(41)34-15-3-9-21-42(34)50)25-26-45(37)53-49-39-18-6-12-24-46(39)52-47(28-30)48(38)49/h1-29H. The number of nitrogens with zero attached hydrogens (tertiary/aromatic N) is 2. The molecule has 8 aromatic carbocycles. The molecule has 53 heavy (non-hydrogen) atoms. The van der Waals surface area contributed by atoms with Crippen molar-refractivity contribution in [2.24, 2.45) is 0 Å². The van der Waals surface area contributed by atoms with E-state index in [2.05, 4.69) is 173 Å². The number of hydrogen-bond donors (Lipinski definition) is 0. The number of benzene rings is 8. The van der Waals surface area contributed by atoms with Crippen molar-refractivity contribution in [2.75, 3.05) is 0 Å². The van der Waals surface area contributed by atoms with Gasteiger partial charge in [-0.25, -0.2) is 0 Å². The van der Waals surface area contributed by atoms with Gasteiger partial charge in [-0.3, -0.25) is 0 Å². The summed E-state index contributed by atoms with van der Waals surface area (Å²) in [7, 11) is 0. The number of fused-ring (bicyclic) bond motifs is 10. The molecular weight excluding hydrogens is 647 g/mol. The zero-order valence-electron chi connectivity index (χ0n) is 28.5. The average molecular weight is 677 g/mol. The molecule has 0 amide bonds. The van der Waals surface area contributed by atoms with E-state index < -0.39 is 0 Å². The Bertz CT molecular complexity index is 3050. The minimum absolute atomic E-state index is 0.279. The third-order valence-electron chi connectivity index (χ3n) is 11.2. The molecule has 0 unspecified atom stereocenters. The van der Waals surface area contributed by atoms with Gasteiger partial charge < -0.3 is 18.5 Å². The van der Waals surface area contributed by atoms with Crippen LogP contribution in [0, 0.1) is 0 Å². The van der Waals surface area contributed by atoms with Crippen LogP contribution in [0.2, 0.25) is 0 Å². The maximum atomic E-state index is 6.94. The minimum atomic E-state index is -0.279. The molecule has 4 nitrogen and oxygen atoms in total. The predicted molar refractivity (Wildman–Crippen MR) is 218 cm³/mol. The van der Waals surface area contributed by atoms with E-state index in [1.54, 1.807) is 0 Å². The summed E-state index contributed by atoms with van der Waals surface area (Å²) in [4.78, 5) is 0. The molecule has 12 rings (SSSR count). The molecule has 0 saturated carbocycles. The van der Waals surface area contributed by atoms with Crippen molar-refractivity contribution in [1.82, 2.24) is 9.13 Å². The molecule has 2 aliphatic heterocycles. The summed E-state index contributed by atoms with van der Waals surface area (Å²) in [6.07, 6.45) is 0. The zero-order chi connectivity index (χ0) is 34.6. The Morgan fingerprint density at radius 1 is 0.396 bits per heavy atom. The van der Waals surface area contributed by atoms with Crippen LogP contribution in [0.4, 0.5) is 0 Å². The van der Waals surface area contributed by atoms with Crippen LogP contribution < -0.4 is 20.3 Å². The first-order valence-corrected chi connectivity index (χ1v) is 18.1. The van der Waals surface area contributed by atoms with Gasteiger partial charge in [-0.2, -0.15) is 0 Å². The summed E-state index contributed by atoms with van der Waals surface area (Å²) in [5.41, 5.74) is 13.4. The summed E-state index contributed by atoms with van der Waals surface area (Å²) < 4.78 is 18.5. The van der Waals surface area contributed by atoms with Gasteiger partial charge >= 0.3 is 6.92 Å². The van der Waals surface area contributed by atoms with E-state index in [4.69, 9.17) is 9.39 Å². The summed E-state index contributed by atoms with van der Waals surface area (Å²) in [5, 5.41) is 4.96. The van der Waals surface area contributed by atoms with Crippen LogP contribution in [-0.2, 0) is 0 Å². The van der Waals surface area contributed by atoms with Crippen molar-refractivity contribution in [1.29, 1.82) is 0 Å². The van der Waals surface area contributed by atoms with Crippen LogP contribution in [0.5, 0.6) is 17.2 Å². The SMILES string of the molecule is c1ccc2c(c1)Oc1cc(-c3ccccc3-n3c4ccccc4c4ccccc43)cc3c1B2Oc1ccc(-n2c4ccccc4c4ccccc42)cc1-3. The molecular formula is C48H29BN2O2. The van der Waals surface area contributed by atoms with E-state index in [-0.39, 0.29) is 6.92 Å². The molecule has 0 fully saturated rings. The Morgan fingerprint density at radius 2 is 0.962 bits per heavy atom. The van der Waals surface area contributed by atoms with Gasteiger partial charge in [0.25, 0.3) is 0 Å². The lowest BCUT2D eigenvalue weighted by Crippen LogP contribution is -2.53. The maximum absolute atomic E-state index is 6.94. The second-order valence-corrected chi connectivity index (χ2v) is 14.0. The van der Waals surface area contributed by atoms with Crippen LogP contribution in [0.1, 0.15) is 0 Å². The van der Waals surface area contributed by atoms with Gasteiger partial charge in [0, 0.05) is 49.3 Å². The lowest BCUT2D eigenvalue weighted by Gasteiger charge is -2.33. The molecule has 0 bridgehead atoms. The molecule has 0 saturated heterocycles. The van der Waals surface area contributed by atoms with Crippen molar-refractivity contribution in [2.45, 2.75) is 0 Å². The summed E-state index contributed by atoms with van der Waals surface area (Å²) in [6, 6.07) is 62.9. The number of para-hydroxylation sites is 6. The van der Waals surface area contributed by atoms with Crippen molar-refractivity contribution < 1.29 is 9.39 Å². The van der Waals surface area contributed by atoms with Crippen LogP contribution in [0.3, 0.4) is 0 Å². The van der Waals surface area contributed by atoms with Crippen molar-refractivity contribution in [3.8, 4) is 50.9 Å². The van der Waals surface area contributed by atoms with E-state index in [1.807, 2.05) is 12.1 Å². The Hall–Kier alpha value is -6.98. The fraction of sp³-hybridized carbons (Fsp3) is 0. The van der Waals surface area contributed by atoms with Gasteiger partial charge in [0.15, 0.2) is 0 Å². The molecule has 0 radical (unpaired) electrons. The molecule has 0 atom stereocenters. The molecule has 4 heterocycles. The molecule has 10 aromatic rings. The van der Waals surface area contributed by atoms with E-state index in [0.29, 0.717) is 0 Å². The minimum Gasteiger partial charge on any atom is -0.551 e. The van der Waals surface area contributed by atoms with Crippen LogP contribution >= 0.6 is 0 Å². The van der Waals surface area contributed by atoms with Crippen LogP contribution in [0.15, 0.2) is 176 Å². The molecule has 5 heteroatoms. The first kappa shape index (κ1) is 28.7. The summed E-state index contributed by atoms with van der Waals surface area (Å²) in [5.74, 6) is 2.52. The zero-order valence-corrected chi connectivity index (χ0v) is 28.5. The van der Waals surface area contributed by atoms with Crippen LogP contribution in [-0.4, -0.2) is 16.0 Å². The highest BCUT2D eigenvalue weighted by Crippen LogP contribution is 2.45. The third-order valence-corrected chi connectivity index (χ3v) is 11.2. The van der Waals surface area contributed by atoms with Gasteiger partial charge in [0.1, 0.15) is 17.2 Å². The Balaban J connectivity index is 1.12. The summed E-state index contributed by atoms with van der Waals surface area (Å²) >= 11 is 0. The van der Waals surface area contributed by atoms with Gasteiger partial charge in [-0.1, -0.05) is 109 Å². The van der Waals surface area contributed by atoms with E-state index in [9.17, 15) is 0 Å². The third kappa shape index (κ3) is 4.02. The number of aromatic nitrogens is 2. The van der Waals surface area contributed by atoms with Crippen molar-refractivity contribution in [3.05, 3.63) is 176 Å². The van der Waals surface area contributed by atoms with Gasteiger partial charge in [0.2, 0.25) is 0 Å². The first-order valence-electron chi connectivity index (χ1n) is 18.1. The largest absolute Gasteiger partial charge is 0.551 e. The smallest absolute Gasteiger partial charge is 0.434 e. The molecule has 2 aromatic heterocycles. The van der Waals surface area contributed by atoms with E-state index >= 15 is 0 Å². The van der Waals surface area contributed by atoms with Crippen molar-refractivity contribution in [3.63, 3.8) is 0 Å². The van der Waals surface area contributed by atoms with Crippen molar-refractivity contribution >= 4 is 61.5 Å². The lowest BCUT2D eigenvalue weighted by atomic mass is 9.50. The lowest BCUT2D eigenvalue weighted by molar-refractivity contribution is 0.479. The molecule has 246 valence electrons. The highest BCUT2D eigenvalue weighted by molar-refractivity contribution is 6.84. The molecule has 0 N–H and O–H groups in total. The predicted octanol–water partition coefficient (Wildman–Crippen LogP) is 10.8. The van der Waals surface area contributed by atoms with Crippen LogP contribution in [0.25, 0.3) is 77.2 Å². The molecule has 0 aliphatic carbocycles. The topological polar surface area (TPSA) is 28.3 Å². The van der Waals surface area contributed by atoms with Gasteiger partial charge in [-0.05, 0) is 77.9 Å². The summed E-state index contributed by atoms with van der Waals surface area (Å²) in [6.45, 7) is -0.279. The van der Waals surface area contributed by atoms with Gasteiger partial charge in [0.05, 0.1) is 27.8 Å². The molecule has 2 aliphatic rings. The fourth-order valence-electron chi connectivity index (χ4n) is 8.94. The second-order valence-electron chi connectivity index (χ2n) is 14.0. The Morgan fingerprint density at radius 3 is 1.64 bits per heavy atom. The number of hydrogen-bond acceptors (Lipinski definition) is 2. The number of rotatable bonds is 3. The normalized spacial score (nSPS) is 12.8. The van der Waals surface area contributed by atoms with E-state index in [0.717, 1.165) is 61.8 Å². The fourth-order valence-corrected chi connectivity index (χ4v) is 8.94. The molecule has 0 spiro atoms. The quantitative estimate of drug-likeness (QED) is 0.174. The maximum Gasteiger partial charge on any atom is 0.434 e. The highest BCUT2D eigenvalue weighted by atomic mass is 16.5. The monoisotopic (exact) mass is 676 g/mol. The Labute approximate surface area is 305 Å². The average Bonchev–Trinajstić information content (AvgIpc) is 3.74. The Kier molecular flexibility index (Phi) is 5.83. The number of ether oxygens (including phenoxy) is 1. The second kappa shape index (κ2) is 10.8. The highest BCUT2D eigenvalue weighted by Gasteiger charge is 2.41.